The highest BCUT2D eigenvalue weighted by Gasteiger charge is 2.30. The van der Waals surface area contributed by atoms with Gasteiger partial charge in [0.25, 0.3) is 0 Å². The Hall–Kier alpha value is -2.27. The van der Waals surface area contributed by atoms with Crippen molar-refractivity contribution in [3.05, 3.63) is 66.0 Å². The molecule has 0 spiro atoms. The average molecular weight is 351 g/mol. The van der Waals surface area contributed by atoms with Crippen LogP contribution >= 0.6 is 11.8 Å². The monoisotopic (exact) mass is 351 g/mol. The summed E-state index contributed by atoms with van der Waals surface area (Å²) in [6.45, 7) is 2.71. The highest BCUT2D eigenvalue weighted by Crippen LogP contribution is 2.41. The highest BCUT2D eigenvalue weighted by atomic mass is 32.2. The van der Waals surface area contributed by atoms with Crippen molar-refractivity contribution in [1.29, 1.82) is 0 Å². The Morgan fingerprint density at radius 3 is 2.56 bits per heavy atom. The van der Waals surface area contributed by atoms with Crippen molar-refractivity contribution in [2.45, 2.75) is 30.8 Å². The van der Waals surface area contributed by atoms with Crippen LogP contribution in [0.1, 0.15) is 30.1 Å². The van der Waals surface area contributed by atoms with Crippen LogP contribution < -0.4 is 4.74 Å². The van der Waals surface area contributed by atoms with Crippen molar-refractivity contribution in [3.63, 3.8) is 0 Å². The third-order valence-corrected chi connectivity index (χ3v) is 5.17. The minimum Gasteiger partial charge on any atom is -0.492 e. The molecular weight excluding hydrogens is 330 g/mol. The van der Waals surface area contributed by atoms with Gasteiger partial charge in [-0.15, -0.1) is 10.2 Å². The van der Waals surface area contributed by atoms with Crippen LogP contribution in [0.3, 0.4) is 0 Å². The smallest absolute Gasteiger partial charge is 0.195 e. The Kier molecular flexibility index (Phi) is 4.74. The zero-order valence-corrected chi connectivity index (χ0v) is 15.1. The zero-order valence-electron chi connectivity index (χ0n) is 14.3. The molecule has 0 aliphatic heterocycles. The summed E-state index contributed by atoms with van der Waals surface area (Å²) < 4.78 is 8.10. The number of benzene rings is 2. The number of hydrogen-bond donors (Lipinski definition) is 0. The maximum atomic E-state index is 5.89. The predicted molar refractivity (Wildman–Crippen MR) is 101 cm³/mol. The predicted octanol–water partition coefficient (Wildman–Crippen LogP) is 4.62. The molecule has 3 aromatic rings. The van der Waals surface area contributed by atoms with E-state index < -0.39 is 0 Å². The zero-order chi connectivity index (χ0) is 17.1. The second kappa shape index (κ2) is 7.31. The third-order valence-electron chi connectivity index (χ3n) is 4.28. The maximum absolute atomic E-state index is 5.89. The first-order valence-corrected chi connectivity index (χ1v) is 9.63. The Balaban J connectivity index is 1.45. The molecule has 0 amide bonds. The van der Waals surface area contributed by atoms with Crippen LogP contribution in [0.4, 0.5) is 0 Å². The summed E-state index contributed by atoms with van der Waals surface area (Å²) in [6, 6.07) is 18.5. The van der Waals surface area contributed by atoms with Crippen LogP contribution in [0.25, 0.3) is 5.69 Å². The van der Waals surface area contributed by atoms with Crippen LogP contribution in [0.2, 0.25) is 0 Å². The van der Waals surface area contributed by atoms with E-state index in [0.29, 0.717) is 12.5 Å². The SMILES string of the molecule is Cc1ccccc1OCCSc1nnc(C2CC2)n1-c1ccccc1. The third kappa shape index (κ3) is 3.71. The molecule has 1 fully saturated rings. The normalized spacial score (nSPS) is 13.8. The quantitative estimate of drug-likeness (QED) is 0.460. The van der Waals surface area contributed by atoms with E-state index in [4.69, 9.17) is 4.74 Å². The lowest BCUT2D eigenvalue weighted by atomic mass is 10.2. The Morgan fingerprint density at radius 2 is 1.80 bits per heavy atom. The lowest BCUT2D eigenvalue weighted by Gasteiger charge is -2.11. The van der Waals surface area contributed by atoms with Crippen molar-refractivity contribution in [1.82, 2.24) is 14.8 Å². The highest BCUT2D eigenvalue weighted by molar-refractivity contribution is 7.99. The Labute approximate surface area is 152 Å². The molecule has 4 nitrogen and oxygen atoms in total. The van der Waals surface area contributed by atoms with Crippen molar-refractivity contribution in [3.8, 4) is 11.4 Å². The standard InChI is InChI=1S/C20H21N3OS/c1-15-7-5-6-10-18(15)24-13-14-25-20-22-21-19(16-11-12-16)23(20)17-8-3-2-4-9-17/h2-10,16H,11-14H2,1H3. The summed E-state index contributed by atoms with van der Waals surface area (Å²) in [5.41, 5.74) is 2.30. The molecular formula is C20H21N3OS. The van der Waals surface area contributed by atoms with Gasteiger partial charge in [0.1, 0.15) is 11.6 Å². The summed E-state index contributed by atoms with van der Waals surface area (Å²) in [5.74, 6) is 3.44. The number of thioether (sulfide) groups is 1. The molecule has 2 aromatic carbocycles. The minimum absolute atomic E-state index is 0.560. The van der Waals surface area contributed by atoms with Gasteiger partial charge in [-0.25, -0.2) is 0 Å². The first-order chi connectivity index (χ1) is 12.3. The fourth-order valence-corrected chi connectivity index (χ4v) is 3.58. The second-order valence-corrected chi connectivity index (χ2v) is 7.31. The molecule has 1 aliphatic rings. The van der Waals surface area contributed by atoms with Gasteiger partial charge in [-0.05, 0) is 43.5 Å². The molecule has 0 bridgehead atoms. The number of para-hydroxylation sites is 2. The molecule has 0 radical (unpaired) electrons. The fourth-order valence-electron chi connectivity index (χ4n) is 2.80. The molecule has 1 saturated carbocycles. The van der Waals surface area contributed by atoms with Crippen molar-refractivity contribution >= 4 is 11.8 Å². The summed E-state index contributed by atoms with van der Waals surface area (Å²) in [5, 5.41) is 9.84. The summed E-state index contributed by atoms with van der Waals surface area (Å²) in [4.78, 5) is 0. The van der Waals surface area contributed by atoms with E-state index in [1.807, 2.05) is 24.3 Å². The van der Waals surface area contributed by atoms with Gasteiger partial charge in [0, 0.05) is 17.4 Å². The first-order valence-electron chi connectivity index (χ1n) is 8.65. The number of aromatic nitrogens is 3. The van der Waals surface area contributed by atoms with E-state index >= 15 is 0 Å². The van der Waals surface area contributed by atoms with Crippen LogP contribution in [-0.4, -0.2) is 27.1 Å². The van der Waals surface area contributed by atoms with Crippen molar-refractivity contribution < 1.29 is 4.74 Å². The Morgan fingerprint density at radius 1 is 1.04 bits per heavy atom. The van der Waals surface area contributed by atoms with Gasteiger partial charge >= 0.3 is 0 Å². The van der Waals surface area contributed by atoms with Crippen LogP contribution in [0, 0.1) is 6.92 Å². The van der Waals surface area contributed by atoms with Gasteiger partial charge in [0.05, 0.1) is 6.61 Å². The van der Waals surface area contributed by atoms with E-state index in [2.05, 4.69) is 52.0 Å². The van der Waals surface area contributed by atoms with E-state index in [-0.39, 0.29) is 0 Å². The molecule has 5 heteroatoms. The van der Waals surface area contributed by atoms with Crippen molar-refractivity contribution in [2.75, 3.05) is 12.4 Å². The number of ether oxygens (including phenoxy) is 1. The lowest BCUT2D eigenvalue weighted by molar-refractivity contribution is 0.341. The lowest BCUT2D eigenvalue weighted by Crippen LogP contribution is -2.04. The van der Waals surface area contributed by atoms with Gasteiger partial charge in [-0.1, -0.05) is 48.2 Å². The molecule has 4 rings (SSSR count). The molecule has 0 atom stereocenters. The number of nitrogens with zero attached hydrogens (tertiary/aromatic N) is 3. The van der Waals surface area contributed by atoms with Crippen molar-refractivity contribution in [2.24, 2.45) is 0 Å². The summed E-state index contributed by atoms with van der Waals surface area (Å²) in [7, 11) is 0. The molecule has 25 heavy (non-hydrogen) atoms. The van der Waals surface area contributed by atoms with Gasteiger partial charge in [-0.2, -0.15) is 0 Å². The van der Waals surface area contributed by atoms with Crippen LogP contribution in [0.15, 0.2) is 59.8 Å². The van der Waals surface area contributed by atoms with E-state index in [1.54, 1.807) is 11.8 Å². The maximum Gasteiger partial charge on any atom is 0.195 e. The summed E-state index contributed by atoms with van der Waals surface area (Å²) in [6.07, 6.45) is 2.43. The molecule has 1 heterocycles. The summed E-state index contributed by atoms with van der Waals surface area (Å²) >= 11 is 1.70. The molecule has 0 unspecified atom stereocenters. The molecule has 1 aromatic heterocycles. The number of aryl methyl sites for hydroxylation is 1. The van der Waals surface area contributed by atoms with Crippen LogP contribution in [0.5, 0.6) is 5.75 Å². The van der Waals surface area contributed by atoms with E-state index in [9.17, 15) is 0 Å². The largest absolute Gasteiger partial charge is 0.492 e. The molecule has 1 aliphatic carbocycles. The van der Waals surface area contributed by atoms with Gasteiger partial charge in [-0.3, -0.25) is 4.57 Å². The number of rotatable bonds is 7. The average Bonchev–Trinajstić information content (AvgIpc) is 3.41. The van der Waals surface area contributed by atoms with E-state index in [0.717, 1.165) is 33.7 Å². The minimum atomic E-state index is 0.560. The molecule has 0 saturated heterocycles. The first kappa shape index (κ1) is 16.2. The molecule has 128 valence electrons. The molecule has 0 N–H and O–H groups in total. The van der Waals surface area contributed by atoms with Gasteiger partial charge < -0.3 is 4.74 Å². The van der Waals surface area contributed by atoms with Gasteiger partial charge in [0.15, 0.2) is 5.16 Å². The van der Waals surface area contributed by atoms with Crippen LogP contribution in [-0.2, 0) is 0 Å². The van der Waals surface area contributed by atoms with E-state index in [1.165, 1.54) is 12.8 Å². The Bertz CT molecular complexity index is 843. The van der Waals surface area contributed by atoms with Gasteiger partial charge in [0.2, 0.25) is 0 Å². The second-order valence-electron chi connectivity index (χ2n) is 6.25. The number of hydrogen-bond acceptors (Lipinski definition) is 4. The fraction of sp³-hybridized carbons (Fsp3) is 0.300. The topological polar surface area (TPSA) is 39.9 Å².